The molecule has 1 aromatic heterocycles. The third-order valence-electron chi connectivity index (χ3n) is 4.44. The lowest BCUT2D eigenvalue weighted by atomic mass is 9.98. The lowest BCUT2D eigenvalue weighted by Gasteiger charge is -2.33. The number of rotatable bonds is 3. The van der Waals surface area contributed by atoms with E-state index in [1.807, 2.05) is 11.3 Å². The van der Waals surface area contributed by atoms with Crippen molar-refractivity contribution in [2.75, 3.05) is 18.0 Å². The maximum absolute atomic E-state index is 5.01. The minimum atomic E-state index is 0.499. The van der Waals surface area contributed by atoms with Crippen molar-refractivity contribution >= 4 is 16.5 Å². The number of hydrogen-bond acceptors (Lipinski definition) is 4. The van der Waals surface area contributed by atoms with E-state index in [4.69, 9.17) is 4.98 Å². The molecule has 2 atom stereocenters. The molecule has 1 aliphatic carbocycles. The first kappa shape index (κ1) is 13.4. The highest BCUT2D eigenvalue weighted by atomic mass is 32.1. The summed E-state index contributed by atoms with van der Waals surface area (Å²) in [6.45, 7) is 6.77. The lowest BCUT2D eigenvalue weighted by molar-refractivity contribution is 0.461. The summed E-state index contributed by atoms with van der Waals surface area (Å²) < 4.78 is 0. The Balaban J connectivity index is 1.84. The Bertz CT molecular complexity index is 429. The number of nitrogens with one attached hydrogen (secondary N) is 1. The van der Waals surface area contributed by atoms with Crippen molar-refractivity contribution in [3.05, 3.63) is 10.6 Å². The fraction of sp³-hybridized carbons (Fsp3) is 0.800. The van der Waals surface area contributed by atoms with Gasteiger partial charge in [-0.2, -0.15) is 0 Å². The van der Waals surface area contributed by atoms with Crippen LogP contribution in [0.1, 0.15) is 62.6 Å². The molecule has 0 spiro atoms. The minimum absolute atomic E-state index is 0.499. The predicted octanol–water partition coefficient (Wildman–Crippen LogP) is 3.51. The van der Waals surface area contributed by atoms with Gasteiger partial charge in [0.25, 0.3) is 0 Å². The second kappa shape index (κ2) is 5.80. The Labute approximate surface area is 120 Å². The molecule has 2 heterocycles. The Morgan fingerprint density at radius 3 is 3.00 bits per heavy atom. The summed E-state index contributed by atoms with van der Waals surface area (Å²) >= 11 is 1.95. The monoisotopic (exact) mass is 279 g/mol. The van der Waals surface area contributed by atoms with Gasteiger partial charge in [0.15, 0.2) is 5.13 Å². The molecule has 0 radical (unpaired) electrons. The van der Waals surface area contributed by atoms with Gasteiger partial charge in [-0.3, -0.25) is 0 Å². The van der Waals surface area contributed by atoms with Crippen LogP contribution >= 0.6 is 11.3 Å². The van der Waals surface area contributed by atoms with E-state index in [-0.39, 0.29) is 0 Å². The Hall–Kier alpha value is -0.610. The van der Waals surface area contributed by atoms with Crippen molar-refractivity contribution in [3.63, 3.8) is 0 Å². The van der Waals surface area contributed by atoms with Crippen molar-refractivity contribution in [1.29, 1.82) is 0 Å². The van der Waals surface area contributed by atoms with E-state index in [0.29, 0.717) is 12.1 Å². The first-order chi connectivity index (χ1) is 9.29. The first-order valence-corrected chi connectivity index (χ1v) is 8.61. The molecule has 2 aliphatic rings. The third kappa shape index (κ3) is 2.65. The zero-order valence-corrected chi connectivity index (χ0v) is 12.9. The topological polar surface area (TPSA) is 28.2 Å². The first-order valence-electron chi connectivity index (χ1n) is 7.79. The summed E-state index contributed by atoms with van der Waals surface area (Å²) in [4.78, 5) is 9.08. The van der Waals surface area contributed by atoms with E-state index in [2.05, 4.69) is 24.1 Å². The Morgan fingerprint density at radius 2 is 2.21 bits per heavy atom. The number of piperidine rings is 1. The molecule has 3 rings (SSSR count). The van der Waals surface area contributed by atoms with Gasteiger partial charge >= 0.3 is 0 Å². The van der Waals surface area contributed by atoms with Crippen molar-refractivity contribution in [1.82, 2.24) is 10.3 Å². The van der Waals surface area contributed by atoms with Gasteiger partial charge in [0.05, 0.1) is 11.7 Å². The van der Waals surface area contributed by atoms with Crippen LogP contribution in [0.2, 0.25) is 0 Å². The molecule has 1 N–H and O–H groups in total. The molecule has 0 amide bonds. The molecule has 1 fully saturated rings. The van der Waals surface area contributed by atoms with Crippen LogP contribution in [0.15, 0.2) is 0 Å². The fourth-order valence-electron chi connectivity index (χ4n) is 3.36. The highest BCUT2D eigenvalue weighted by Crippen LogP contribution is 2.38. The lowest BCUT2D eigenvalue weighted by Crippen LogP contribution is -2.37. The summed E-state index contributed by atoms with van der Waals surface area (Å²) in [6.07, 6.45) is 7.81. The number of hydrogen-bond donors (Lipinski definition) is 1. The van der Waals surface area contributed by atoms with Gasteiger partial charge in [0.1, 0.15) is 0 Å². The van der Waals surface area contributed by atoms with Crippen LogP contribution in [-0.4, -0.2) is 24.1 Å². The van der Waals surface area contributed by atoms with Gasteiger partial charge < -0.3 is 10.2 Å². The number of aryl methyl sites for hydroxylation is 1. The molecule has 106 valence electrons. The van der Waals surface area contributed by atoms with Crippen LogP contribution in [0.5, 0.6) is 0 Å². The highest BCUT2D eigenvalue weighted by Gasteiger charge is 2.27. The van der Waals surface area contributed by atoms with E-state index < -0.39 is 0 Å². The molecule has 1 aromatic rings. The maximum atomic E-state index is 5.01. The van der Waals surface area contributed by atoms with E-state index in [1.54, 1.807) is 0 Å². The molecule has 0 bridgehead atoms. The van der Waals surface area contributed by atoms with Gasteiger partial charge in [0.2, 0.25) is 0 Å². The standard InChI is InChI=1S/C15H25N3S/c1-3-16-12-8-6-9-13-14(12)17-15(19-13)18-10-5-4-7-11(18)2/h11-12,16H,3-10H2,1-2H3. The van der Waals surface area contributed by atoms with Crippen LogP contribution in [0.25, 0.3) is 0 Å². The number of anilines is 1. The Morgan fingerprint density at radius 1 is 1.32 bits per heavy atom. The van der Waals surface area contributed by atoms with Gasteiger partial charge in [0, 0.05) is 17.5 Å². The third-order valence-corrected chi connectivity index (χ3v) is 5.61. The highest BCUT2D eigenvalue weighted by molar-refractivity contribution is 7.15. The number of nitrogens with zero attached hydrogens (tertiary/aromatic N) is 2. The average Bonchev–Trinajstić information content (AvgIpc) is 2.84. The van der Waals surface area contributed by atoms with Gasteiger partial charge in [-0.15, -0.1) is 11.3 Å². The predicted molar refractivity (Wildman–Crippen MR) is 82.1 cm³/mol. The molecule has 0 aromatic carbocycles. The van der Waals surface area contributed by atoms with Crippen molar-refractivity contribution in [2.45, 2.75) is 64.5 Å². The molecule has 2 unspecified atom stereocenters. The Kier molecular flexibility index (Phi) is 4.08. The largest absolute Gasteiger partial charge is 0.345 e. The number of fused-ring (bicyclic) bond motifs is 1. The van der Waals surface area contributed by atoms with Crippen LogP contribution in [0.3, 0.4) is 0 Å². The van der Waals surface area contributed by atoms with Crippen LogP contribution < -0.4 is 10.2 Å². The molecule has 1 aliphatic heterocycles. The van der Waals surface area contributed by atoms with Gasteiger partial charge in [-0.25, -0.2) is 4.98 Å². The van der Waals surface area contributed by atoms with E-state index in [1.165, 1.54) is 60.8 Å². The van der Waals surface area contributed by atoms with Crippen LogP contribution in [0, 0.1) is 0 Å². The quantitative estimate of drug-likeness (QED) is 0.917. The summed E-state index contributed by atoms with van der Waals surface area (Å²) in [6, 6.07) is 1.16. The summed E-state index contributed by atoms with van der Waals surface area (Å²) in [5, 5.41) is 4.87. The molecule has 1 saturated heterocycles. The molecule has 0 saturated carbocycles. The SMILES string of the molecule is CCNC1CCCc2sc(N3CCCCC3C)nc21. The summed E-state index contributed by atoms with van der Waals surface area (Å²) in [5.41, 5.74) is 1.35. The molecule has 3 nitrogen and oxygen atoms in total. The second-order valence-corrected chi connectivity index (χ2v) is 6.91. The average molecular weight is 279 g/mol. The van der Waals surface area contributed by atoms with Gasteiger partial charge in [-0.05, 0) is 52.0 Å². The van der Waals surface area contributed by atoms with Crippen LogP contribution in [-0.2, 0) is 6.42 Å². The zero-order valence-electron chi connectivity index (χ0n) is 12.1. The van der Waals surface area contributed by atoms with Crippen molar-refractivity contribution < 1.29 is 0 Å². The summed E-state index contributed by atoms with van der Waals surface area (Å²) in [5.74, 6) is 0. The smallest absolute Gasteiger partial charge is 0.186 e. The second-order valence-electron chi connectivity index (χ2n) is 5.85. The summed E-state index contributed by atoms with van der Waals surface area (Å²) in [7, 11) is 0. The fourth-order valence-corrected chi connectivity index (χ4v) is 4.65. The van der Waals surface area contributed by atoms with Crippen molar-refractivity contribution in [3.8, 4) is 0 Å². The number of thiazole rings is 1. The van der Waals surface area contributed by atoms with Gasteiger partial charge in [-0.1, -0.05) is 6.92 Å². The van der Waals surface area contributed by atoms with E-state index in [9.17, 15) is 0 Å². The number of aromatic nitrogens is 1. The minimum Gasteiger partial charge on any atom is -0.345 e. The normalized spacial score (nSPS) is 27.4. The zero-order chi connectivity index (χ0) is 13.2. The molecular weight excluding hydrogens is 254 g/mol. The van der Waals surface area contributed by atoms with Crippen molar-refractivity contribution in [2.24, 2.45) is 0 Å². The molecular formula is C15H25N3S. The van der Waals surface area contributed by atoms with Crippen LogP contribution in [0.4, 0.5) is 5.13 Å². The maximum Gasteiger partial charge on any atom is 0.186 e. The molecule has 19 heavy (non-hydrogen) atoms. The van der Waals surface area contributed by atoms with E-state index in [0.717, 1.165) is 6.54 Å². The van der Waals surface area contributed by atoms with E-state index >= 15 is 0 Å². The molecule has 4 heteroatoms.